The van der Waals surface area contributed by atoms with Crippen molar-refractivity contribution in [3.05, 3.63) is 60.0 Å². The average molecular weight is 325 g/mol. The Kier molecular flexibility index (Phi) is 4.65. The first-order valence-corrected chi connectivity index (χ1v) is 7.63. The average Bonchev–Trinajstić information content (AvgIpc) is 2.93. The summed E-state index contributed by atoms with van der Waals surface area (Å²) in [6, 6.07) is 13.0. The van der Waals surface area contributed by atoms with Gasteiger partial charge in [-0.05, 0) is 31.2 Å². The minimum Gasteiger partial charge on any atom is -0.497 e. The molecule has 2 aromatic heterocycles. The van der Waals surface area contributed by atoms with Crippen molar-refractivity contribution in [2.24, 2.45) is 0 Å². The number of aryl methyl sites for hydroxylation is 1. The molecule has 1 aromatic carbocycles. The topological polar surface area (TPSA) is 64.9 Å². The fourth-order valence-corrected chi connectivity index (χ4v) is 2.45. The molecule has 0 radical (unpaired) electrons. The molecule has 6 heteroatoms. The number of fused-ring (bicyclic) bond motifs is 1. The summed E-state index contributed by atoms with van der Waals surface area (Å²) in [5, 5.41) is 2.86. The first kappa shape index (κ1) is 15.9. The Morgan fingerprint density at radius 2 is 2.04 bits per heavy atom. The van der Waals surface area contributed by atoms with E-state index in [-0.39, 0.29) is 12.5 Å². The number of nitrogens with zero attached hydrogens (tertiary/aromatic N) is 2. The zero-order valence-electron chi connectivity index (χ0n) is 13.7. The Balaban J connectivity index is 1.58. The molecule has 0 aliphatic carbocycles. The van der Waals surface area contributed by atoms with Gasteiger partial charge in [0.25, 0.3) is 5.91 Å². The van der Waals surface area contributed by atoms with E-state index in [0.717, 1.165) is 17.0 Å². The first-order valence-electron chi connectivity index (χ1n) is 7.63. The molecule has 0 aliphatic rings. The molecule has 0 spiro atoms. The van der Waals surface area contributed by atoms with Crippen molar-refractivity contribution in [2.75, 3.05) is 13.7 Å². The number of carbonyl (C=O) groups is 1. The molecule has 2 heterocycles. The van der Waals surface area contributed by atoms with Gasteiger partial charge in [-0.25, -0.2) is 4.98 Å². The number of nitrogens with one attached hydrogen (secondary N) is 1. The number of carbonyl (C=O) groups excluding carboxylic acids is 1. The van der Waals surface area contributed by atoms with Crippen molar-refractivity contribution >= 4 is 11.6 Å². The van der Waals surface area contributed by atoms with Gasteiger partial charge in [0.05, 0.1) is 25.0 Å². The number of imidazole rings is 1. The first-order chi connectivity index (χ1) is 11.7. The maximum Gasteiger partial charge on any atom is 0.258 e. The lowest BCUT2D eigenvalue weighted by atomic mass is 10.3. The summed E-state index contributed by atoms with van der Waals surface area (Å²) >= 11 is 0. The highest BCUT2D eigenvalue weighted by Crippen LogP contribution is 2.18. The molecular weight excluding hydrogens is 306 g/mol. The second-order valence-electron chi connectivity index (χ2n) is 5.32. The molecular formula is C18H19N3O3. The Labute approximate surface area is 140 Å². The van der Waals surface area contributed by atoms with E-state index in [4.69, 9.17) is 9.47 Å². The molecule has 0 unspecified atom stereocenters. The molecule has 1 amide bonds. The Bertz CT molecular complexity index is 858. The van der Waals surface area contributed by atoms with Crippen LogP contribution in [0.2, 0.25) is 0 Å². The van der Waals surface area contributed by atoms with Gasteiger partial charge in [-0.3, -0.25) is 4.79 Å². The van der Waals surface area contributed by atoms with E-state index in [0.29, 0.717) is 18.0 Å². The van der Waals surface area contributed by atoms with Crippen LogP contribution in [0.25, 0.3) is 5.65 Å². The Morgan fingerprint density at radius 3 is 2.88 bits per heavy atom. The van der Waals surface area contributed by atoms with Crippen LogP contribution in [0.15, 0.2) is 48.7 Å². The SMILES string of the molecule is COc1cccc(OCC(=O)NCc2c(C)nc3ccccn23)c1. The maximum absolute atomic E-state index is 12.0. The van der Waals surface area contributed by atoms with Gasteiger partial charge in [-0.1, -0.05) is 12.1 Å². The van der Waals surface area contributed by atoms with Gasteiger partial charge in [0, 0.05) is 12.3 Å². The number of pyridine rings is 1. The van der Waals surface area contributed by atoms with Crippen LogP contribution in [0, 0.1) is 6.92 Å². The van der Waals surface area contributed by atoms with Crippen LogP contribution < -0.4 is 14.8 Å². The molecule has 3 aromatic rings. The third-order valence-electron chi connectivity index (χ3n) is 3.69. The van der Waals surface area contributed by atoms with Crippen LogP contribution in [0.5, 0.6) is 11.5 Å². The van der Waals surface area contributed by atoms with Gasteiger partial charge < -0.3 is 19.2 Å². The van der Waals surface area contributed by atoms with Gasteiger partial charge in [0.1, 0.15) is 17.1 Å². The number of methoxy groups -OCH3 is 1. The Hall–Kier alpha value is -3.02. The summed E-state index contributed by atoms with van der Waals surface area (Å²) in [7, 11) is 1.59. The van der Waals surface area contributed by atoms with Crippen molar-refractivity contribution in [3.8, 4) is 11.5 Å². The molecule has 0 saturated heterocycles. The van der Waals surface area contributed by atoms with Crippen molar-refractivity contribution < 1.29 is 14.3 Å². The van der Waals surface area contributed by atoms with Crippen LogP contribution in [0.3, 0.4) is 0 Å². The van der Waals surface area contributed by atoms with Crippen LogP contribution in [-0.2, 0) is 11.3 Å². The maximum atomic E-state index is 12.0. The van der Waals surface area contributed by atoms with E-state index in [1.54, 1.807) is 19.2 Å². The number of amides is 1. The van der Waals surface area contributed by atoms with Crippen molar-refractivity contribution in [3.63, 3.8) is 0 Å². The molecule has 0 atom stereocenters. The van der Waals surface area contributed by atoms with Crippen molar-refractivity contribution in [2.45, 2.75) is 13.5 Å². The molecule has 0 fully saturated rings. The molecule has 124 valence electrons. The van der Waals surface area contributed by atoms with Crippen LogP contribution in [-0.4, -0.2) is 29.0 Å². The molecule has 6 nitrogen and oxygen atoms in total. The smallest absolute Gasteiger partial charge is 0.258 e. The summed E-state index contributed by atoms with van der Waals surface area (Å²) in [5.41, 5.74) is 2.72. The van der Waals surface area contributed by atoms with E-state index in [2.05, 4.69) is 10.3 Å². The lowest BCUT2D eigenvalue weighted by Gasteiger charge is -2.09. The monoisotopic (exact) mass is 325 g/mol. The molecule has 0 bridgehead atoms. The zero-order valence-corrected chi connectivity index (χ0v) is 13.7. The van der Waals surface area contributed by atoms with Gasteiger partial charge in [-0.2, -0.15) is 0 Å². The molecule has 1 N–H and O–H groups in total. The lowest BCUT2D eigenvalue weighted by molar-refractivity contribution is -0.123. The van der Waals surface area contributed by atoms with Gasteiger partial charge >= 0.3 is 0 Å². The van der Waals surface area contributed by atoms with E-state index in [1.807, 2.05) is 47.9 Å². The predicted octanol–water partition coefficient (Wildman–Crippen LogP) is 2.35. The van der Waals surface area contributed by atoms with Crippen LogP contribution >= 0.6 is 0 Å². The third kappa shape index (κ3) is 3.48. The summed E-state index contributed by atoms with van der Waals surface area (Å²) in [5.74, 6) is 1.09. The fraction of sp³-hybridized carbons (Fsp3) is 0.222. The number of rotatable bonds is 6. The fourth-order valence-electron chi connectivity index (χ4n) is 2.45. The molecule has 0 saturated carbocycles. The standard InChI is InChI=1S/C18H19N3O3/c1-13-16(21-9-4-3-8-17(21)20-13)11-19-18(22)12-24-15-7-5-6-14(10-15)23-2/h3-10H,11-12H2,1-2H3,(H,19,22). The number of ether oxygens (including phenoxy) is 2. The van der Waals surface area contributed by atoms with E-state index in [1.165, 1.54) is 0 Å². The predicted molar refractivity (Wildman–Crippen MR) is 90.3 cm³/mol. The summed E-state index contributed by atoms with van der Waals surface area (Å²) in [4.78, 5) is 16.5. The summed E-state index contributed by atoms with van der Waals surface area (Å²) in [6.07, 6.45) is 1.93. The minimum absolute atomic E-state index is 0.0526. The van der Waals surface area contributed by atoms with E-state index >= 15 is 0 Å². The lowest BCUT2D eigenvalue weighted by Crippen LogP contribution is -2.29. The van der Waals surface area contributed by atoms with Gasteiger partial charge in [0.2, 0.25) is 0 Å². The number of aromatic nitrogens is 2. The van der Waals surface area contributed by atoms with Crippen LogP contribution in [0.4, 0.5) is 0 Å². The largest absolute Gasteiger partial charge is 0.497 e. The highest BCUT2D eigenvalue weighted by atomic mass is 16.5. The van der Waals surface area contributed by atoms with Crippen molar-refractivity contribution in [1.82, 2.24) is 14.7 Å². The summed E-state index contributed by atoms with van der Waals surface area (Å²) < 4.78 is 12.6. The minimum atomic E-state index is -0.192. The molecule has 3 rings (SSSR count). The normalized spacial score (nSPS) is 10.6. The molecule has 0 aliphatic heterocycles. The Morgan fingerprint density at radius 1 is 1.21 bits per heavy atom. The molecule has 24 heavy (non-hydrogen) atoms. The second kappa shape index (κ2) is 7.04. The van der Waals surface area contributed by atoms with Gasteiger partial charge in [0.15, 0.2) is 6.61 Å². The zero-order chi connectivity index (χ0) is 16.9. The highest BCUT2D eigenvalue weighted by molar-refractivity contribution is 5.77. The number of hydrogen-bond acceptors (Lipinski definition) is 4. The van der Waals surface area contributed by atoms with E-state index < -0.39 is 0 Å². The number of benzene rings is 1. The quantitative estimate of drug-likeness (QED) is 0.755. The van der Waals surface area contributed by atoms with Crippen molar-refractivity contribution in [1.29, 1.82) is 0 Å². The van der Waals surface area contributed by atoms with Crippen LogP contribution in [0.1, 0.15) is 11.4 Å². The summed E-state index contributed by atoms with van der Waals surface area (Å²) in [6.45, 7) is 2.28. The highest BCUT2D eigenvalue weighted by Gasteiger charge is 2.10. The second-order valence-corrected chi connectivity index (χ2v) is 5.32. The van der Waals surface area contributed by atoms with Gasteiger partial charge in [-0.15, -0.1) is 0 Å². The van der Waals surface area contributed by atoms with E-state index in [9.17, 15) is 4.79 Å². The number of hydrogen-bond donors (Lipinski definition) is 1. The third-order valence-corrected chi connectivity index (χ3v) is 3.69.